The van der Waals surface area contributed by atoms with Crippen LogP contribution in [-0.4, -0.2) is 33.1 Å². The van der Waals surface area contributed by atoms with Crippen LogP contribution in [-0.2, 0) is 13.0 Å². The molecule has 6 nitrogen and oxygen atoms in total. The maximum absolute atomic E-state index is 12.1. The van der Waals surface area contributed by atoms with Crippen LogP contribution in [0.1, 0.15) is 58.6 Å². The number of carbonyl (C=O) groups excluding carboxylic acids is 1. The molecule has 0 spiro atoms. The zero-order chi connectivity index (χ0) is 16.9. The average molecular weight is 322 g/mol. The fourth-order valence-corrected chi connectivity index (χ4v) is 3.19. The number of nitrogens with zero attached hydrogens (tertiary/aromatic N) is 2. The fourth-order valence-electron chi connectivity index (χ4n) is 3.19. The second-order valence-electron chi connectivity index (χ2n) is 7.03. The highest BCUT2D eigenvalue weighted by Gasteiger charge is 2.29. The number of aromatic nitrogens is 2. The average Bonchev–Trinajstić information content (AvgIpc) is 2.87. The lowest BCUT2D eigenvalue weighted by Crippen LogP contribution is -2.45. The first-order chi connectivity index (χ1) is 10.9. The molecule has 1 aliphatic carbocycles. The van der Waals surface area contributed by atoms with E-state index in [2.05, 4.69) is 36.5 Å². The van der Waals surface area contributed by atoms with Gasteiger partial charge in [-0.2, -0.15) is 5.10 Å². The Balaban J connectivity index is 1.91. The van der Waals surface area contributed by atoms with E-state index in [0.717, 1.165) is 50.0 Å². The highest BCUT2D eigenvalue weighted by Crippen LogP contribution is 2.27. The molecule has 3 N–H and O–H groups in total. The van der Waals surface area contributed by atoms with Crippen LogP contribution in [0.15, 0.2) is 6.20 Å². The minimum Gasteiger partial charge on any atom is -0.388 e. The van der Waals surface area contributed by atoms with Gasteiger partial charge >= 0.3 is 6.03 Å². The van der Waals surface area contributed by atoms with Crippen molar-refractivity contribution >= 4 is 11.7 Å². The van der Waals surface area contributed by atoms with Gasteiger partial charge in [-0.3, -0.25) is 4.68 Å². The van der Waals surface area contributed by atoms with Crippen molar-refractivity contribution in [3.63, 3.8) is 0 Å². The van der Waals surface area contributed by atoms with Crippen molar-refractivity contribution in [2.24, 2.45) is 5.92 Å². The van der Waals surface area contributed by atoms with E-state index >= 15 is 0 Å². The molecule has 1 aromatic heterocycles. The van der Waals surface area contributed by atoms with E-state index in [1.54, 1.807) is 6.20 Å². The number of amides is 2. The fraction of sp³-hybridized carbons (Fsp3) is 0.765. The van der Waals surface area contributed by atoms with Gasteiger partial charge in [0.05, 0.1) is 23.2 Å². The summed E-state index contributed by atoms with van der Waals surface area (Å²) in [5, 5.41) is 20.5. The zero-order valence-electron chi connectivity index (χ0n) is 14.6. The molecular formula is C17H30N4O2. The summed E-state index contributed by atoms with van der Waals surface area (Å²) in [5.41, 5.74) is 1.04. The van der Waals surface area contributed by atoms with Gasteiger partial charge in [0.25, 0.3) is 0 Å². The molecule has 1 heterocycles. The maximum Gasteiger partial charge on any atom is 0.319 e. The van der Waals surface area contributed by atoms with Crippen molar-refractivity contribution in [2.75, 3.05) is 11.9 Å². The minimum atomic E-state index is -0.745. The first kappa shape index (κ1) is 17.8. The molecule has 0 aliphatic heterocycles. The van der Waals surface area contributed by atoms with E-state index < -0.39 is 5.60 Å². The van der Waals surface area contributed by atoms with Gasteiger partial charge in [0, 0.05) is 13.1 Å². The third-order valence-corrected chi connectivity index (χ3v) is 4.43. The van der Waals surface area contributed by atoms with Gasteiger partial charge in [-0.15, -0.1) is 0 Å². The number of aliphatic hydroxyl groups is 1. The topological polar surface area (TPSA) is 79.2 Å². The van der Waals surface area contributed by atoms with E-state index in [9.17, 15) is 9.90 Å². The molecule has 2 amide bonds. The largest absolute Gasteiger partial charge is 0.388 e. The lowest BCUT2D eigenvalue weighted by molar-refractivity contribution is 0.00755. The van der Waals surface area contributed by atoms with Gasteiger partial charge in [0.2, 0.25) is 0 Å². The molecule has 6 heteroatoms. The third-order valence-electron chi connectivity index (χ3n) is 4.43. The lowest BCUT2D eigenvalue weighted by Gasteiger charge is -2.32. The number of hydrogen-bond acceptors (Lipinski definition) is 3. The van der Waals surface area contributed by atoms with Crippen molar-refractivity contribution < 1.29 is 9.90 Å². The van der Waals surface area contributed by atoms with Crippen molar-refractivity contribution in [1.82, 2.24) is 15.1 Å². The van der Waals surface area contributed by atoms with Crippen LogP contribution in [0.25, 0.3) is 0 Å². The number of hydrogen-bond donors (Lipinski definition) is 3. The van der Waals surface area contributed by atoms with Crippen LogP contribution < -0.4 is 10.6 Å². The highest BCUT2D eigenvalue weighted by molar-refractivity contribution is 5.89. The normalized spacial score (nSPS) is 17.3. The zero-order valence-corrected chi connectivity index (χ0v) is 14.6. The summed E-state index contributed by atoms with van der Waals surface area (Å²) < 4.78 is 1.95. The monoisotopic (exact) mass is 322 g/mol. The van der Waals surface area contributed by atoms with Crippen LogP contribution in [0.3, 0.4) is 0 Å². The van der Waals surface area contributed by atoms with Crippen molar-refractivity contribution in [1.29, 1.82) is 0 Å². The Kier molecular flexibility index (Phi) is 6.04. The van der Waals surface area contributed by atoms with Gasteiger partial charge < -0.3 is 15.7 Å². The van der Waals surface area contributed by atoms with Crippen LogP contribution >= 0.6 is 0 Å². The summed E-state index contributed by atoms with van der Waals surface area (Å²) in [6.45, 7) is 7.49. The molecule has 0 aromatic carbocycles. The lowest BCUT2D eigenvalue weighted by atomic mass is 9.85. The van der Waals surface area contributed by atoms with E-state index in [-0.39, 0.29) is 6.03 Å². The van der Waals surface area contributed by atoms with Crippen molar-refractivity contribution in [2.45, 2.75) is 71.4 Å². The summed E-state index contributed by atoms with van der Waals surface area (Å²) in [7, 11) is 0. The Morgan fingerprint density at radius 3 is 2.70 bits per heavy atom. The van der Waals surface area contributed by atoms with Crippen LogP contribution in [0.4, 0.5) is 10.5 Å². The molecule has 2 rings (SSSR count). The summed E-state index contributed by atoms with van der Waals surface area (Å²) >= 11 is 0. The second kappa shape index (κ2) is 7.81. The van der Waals surface area contributed by atoms with Crippen molar-refractivity contribution in [3.8, 4) is 0 Å². The molecule has 0 bridgehead atoms. The Bertz CT molecular complexity index is 519. The van der Waals surface area contributed by atoms with Gasteiger partial charge in [-0.05, 0) is 25.2 Å². The van der Waals surface area contributed by atoms with Crippen LogP contribution in [0.5, 0.6) is 0 Å². The summed E-state index contributed by atoms with van der Waals surface area (Å²) in [5.74, 6) is 0.502. The van der Waals surface area contributed by atoms with Gasteiger partial charge in [-0.1, -0.05) is 40.0 Å². The maximum atomic E-state index is 12.1. The number of urea groups is 1. The minimum absolute atomic E-state index is 0.275. The summed E-state index contributed by atoms with van der Waals surface area (Å²) in [6.07, 6.45) is 7.27. The summed E-state index contributed by atoms with van der Waals surface area (Å²) in [6, 6.07) is -0.275. The van der Waals surface area contributed by atoms with Crippen molar-refractivity contribution in [3.05, 3.63) is 11.9 Å². The molecule has 23 heavy (non-hydrogen) atoms. The standard InChI is InChI=1S/C17H30N4O2/c1-4-15-14(10-19-21(15)11-13(2)3)20-16(22)18-12-17(23)8-6-5-7-9-17/h10,13,23H,4-9,11-12H2,1-3H3,(H2,18,20,22). The van der Waals surface area contributed by atoms with Gasteiger partial charge in [0.15, 0.2) is 0 Å². The molecule has 0 radical (unpaired) electrons. The van der Waals surface area contributed by atoms with Crippen LogP contribution in [0.2, 0.25) is 0 Å². The molecule has 1 saturated carbocycles. The SMILES string of the molecule is CCc1c(NC(=O)NCC2(O)CCCCC2)cnn1CC(C)C. The van der Waals surface area contributed by atoms with E-state index in [0.29, 0.717) is 12.5 Å². The third kappa shape index (κ3) is 4.96. The van der Waals surface area contributed by atoms with E-state index in [1.165, 1.54) is 6.42 Å². The Hall–Kier alpha value is -1.56. The van der Waals surface area contributed by atoms with Gasteiger partial charge in [0.1, 0.15) is 0 Å². The first-order valence-electron chi connectivity index (χ1n) is 8.75. The number of nitrogens with one attached hydrogen (secondary N) is 2. The predicted octanol–water partition coefficient (Wildman–Crippen LogP) is 2.92. The second-order valence-corrected chi connectivity index (χ2v) is 7.03. The molecule has 0 saturated heterocycles. The molecule has 130 valence electrons. The number of rotatable bonds is 6. The molecule has 1 aromatic rings. The quantitative estimate of drug-likeness (QED) is 0.753. The van der Waals surface area contributed by atoms with E-state index in [4.69, 9.17) is 0 Å². The molecule has 0 atom stereocenters. The first-order valence-corrected chi connectivity index (χ1v) is 8.75. The molecule has 0 unspecified atom stereocenters. The Labute approximate surface area is 138 Å². The Morgan fingerprint density at radius 2 is 2.09 bits per heavy atom. The van der Waals surface area contributed by atoms with Crippen LogP contribution in [0, 0.1) is 5.92 Å². The number of carbonyl (C=O) groups is 1. The molecule has 1 aliphatic rings. The van der Waals surface area contributed by atoms with E-state index in [1.807, 2.05) is 4.68 Å². The Morgan fingerprint density at radius 1 is 1.39 bits per heavy atom. The summed E-state index contributed by atoms with van der Waals surface area (Å²) in [4.78, 5) is 12.1. The molecule has 1 fully saturated rings. The highest BCUT2D eigenvalue weighted by atomic mass is 16.3. The molecular weight excluding hydrogens is 292 g/mol. The van der Waals surface area contributed by atoms with Gasteiger partial charge in [-0.25, -0.2) is 4.79 Å². The smallest absolute Gasteiger partial charge is 0.319 e. The number of anilines is 1. The predicted molar refractivity (Wildman–Crippen MR) is 91.5 cm³/mol.